The van der Waals surface area contributed by atoms with Crippen LogP contribution >= 0.6 is 0 Å². The van der Waals surface area contributed by atoms with Gasteiger partial charge in [-0.1, -0.05) is 0 Å². The summed E-state index contributed by atoms with van der Waals surface area (Å²) in [5.41, 5.74) is -0.374. The highest BCUT2D eigenvalue weighted by molar-refractivity contribution is 5.80. The molecule has 1 aliphatic rings. The SMILES string of the molecule is COC(=O)C1(C)CN(c2nccn2C)C1. The van der Waals surface area contributed by atoms with Gasteiger partial charge in [-0.25, -0.2) is 4.98 Å². The van der Waals surface area contributed by atoms with Gasteiger partial charge in [0.15, 0.2) is 0 Å². The number of hydrogen-bond donors (Lipinski definition) is 0. The van der Waals surface area contributed by atoms with E-state index >= 15 is 0 Å². The number of carbonyl (C=O) groups is 1. The molecular formula is C10H15N3O2. The molecule has 0 aromatic carbocycles. The van der Waals surface area contributed by atoms with Crippen molar-refractivity contribution in [1.82, 2.24) is 9.55 Å². The van der Waals surface area contributed by atoms with Crippen molar-refractivity contribution in [3.63, 3.8) is 0 Å². The summed E-state index contributed by atoms with van der Waals surface area (Å²) >= 11 is 0. The lowest BCUT2D eigenvalue weighted by atomic mass is 9.82. The minimum Gasteiger partial charge on any atom is -0.468 e. The number of rotatable bonds is 2. The summed E-state index contributed by atoms with van der Waals surface area (Å²) in [6.07, 6.45) is 3.65. The van der Waals surface area contributed by atoms with E-state index in [2.05, 4.69) is 9.88 Å². The smallest absolute Gasteiger partial charge is 0.315 e. The van der Waals surface area contributed by atoms with Crippen LogP contribution in [-0.4, -0.2) is 35.7 Å². The van der Waals surface area contributed by atoms with Gasteiger partial charge in [0.1, 0.15) is 5.41 Å². The van der Waals surface area contributed by atoms with E-state index in [0.717, 1.165) is 5.95 Å². The third-order valence-electron chi connectivity index (χ3n) is 2.84. The van der Waals surface area contributed by atoms with E-state index in [4.69, 9.17) is 4.74 Å². The largest absolute Gasteiger partial charge is 0.468 e. The van der Waals surface area contributed by atoms with Crippen molar-refractivity contribution < 1.29 is 9.53 Å². The highest BCUT2D eigenvalue weighted by Gasteiger charge is 2.47. The van der Waals surface area contributed by atoms with Crippen LogP contribution in [0, 0.1) is 5.41 Å². The summed E-state index contributed by atoms with van der Waals surface area (Å²) in [4.78, 5) is 17.7. The molecule has 1 saturated heterocycles. The number of imidazole rings is 1. The quantitative estimate of drug-likeness (QED) is 0.662. The van der Waals surface area contributed by atoms with Crippen LogP contribution in [0.3, 0.4) is 0 Å². The van der Waals surface area contributed by atoms with E-state index in [1.807, 2.05) is 24.7 Å². The molecule has 0 radical (unpaired) electrons. The fourth-order valence-corrected chi connectivity index (χ4v) is 1.98. The first-order valence-corrected chi connectivity index (χ1v) is 4.87. The Hall–Kier alpha value is -1.52. The minimum absolute atomic E-state index is 0.145. The molecule has 0 unspecified atom stereocenters. The van der Waals surface area contributed by atoms with Crippen LogP contribution in [0.5, 0.6) is 0 Å². The number of carbonyl (C=O) groups excluding carboxylic acids is 1. The number of esters is 1. The van der Waals surface area contributed by atoms with Gasteiger partial charge in [0.05, 0.1) is 7.11 Å². The van der Waals surface area contributed by atoms with Crippen LogP contribution in [0.15, 0.2) is 12.4 Å². The standard InChI is InChI=1S/C10H15N3O2/c1-10(8(14)15-3)6-13(7-10)9-11-4-5-12(9)2/h4-5H,6-7H2,1-3H3. The second-order valence-corrected chi connectivity index (χ2v) is 4.25. The molecule has 0 amide bonds. The first-order chi connectivity index (χ1) is 7.07. The van der Waals surface area contributed by atoms with Crippen LogP contribution in [-0.2, 0) is 16.6 Å². The van der Waals surface area contributed by atoms with E-state index in [1.54, 1.807) is 6.20 Å². The Bertz CT molecular complexity index is 380. The maximum atomic E-state index is 11.4. The number of ether oxygens (including phenoxy) is 1. The summed E-state index contributed by atoms with van der Waals surface area (Å²) in [6, 6.07) is 0. The minimum atomic E-state index is -0.374. The summed E-state index contributed by atoms with van der Waals surface area (Å²) in [5, 5.41) is 0. The molecule has 0 saturated carbocycles. The van der Waals surface area contributed by atoms with Gasteiger partial charge in [0.2, 0.25) is 5.95 Å². The Balaban J connectivity index is 2.05. The first kappa shape index (κ1) is 10.0. The molecule has 0 atom stereocenters. The van der Waals surface area contributed by atoms with Crippen LogP contribution in [0.1, 0.15) is 6.92 Å². The zero-order valence-corrected chi connectivity index (χ0v) is 9.23. The lowest BCUT2D eigenvalue weighted by Crippen LogP contribution is -2.60. The third-order valence-corrected chi connectivity index (χ3v) is 2.84. The lowest BCUT2D eigenvalue weighted by Gasteiger charge is -2.45. The van der Waals surface area contributed by atoms with Gasteiger partial charge in [-0.15, -0.1) is 0 Å². The van der Waals surface area contributed by atoms with Crippen molar-refractivity contribution in [1.29, 1.82) is 0 Å². The number of aromatic nitrogens is 2. The molecule has 0 bridgehead atoms. The maximum Gasteiger partial charge on any atom is 0.315 e. The molecule has 1 aromatic rings. The Morgan fingerprint density at radius 3 is 2.73 bits per heavy atom. The number of aryl methyl sites for hydroxylation is 1. The maximum absolute atomic E-state index is 11.4. The van der Waals surface area contributed by atoms with Crippen molar-refractivity contribution in [3.8, 4) is 0 Å². The van der Waals surface area contributed by atoms with Gasteiger partial charge in [0, 0.05) is 32.5 Å². The second kappa shape index (κ2) is 3.25. The molecular weight excluding hydrogens is 194 g/mol. The number of methoxy groups -OCH3 is 1. The van der Waals surface area contributed by atoms with Gasteiger partial charge in [0.25, 0.3) is 0 Å². The Morgan fingerprint density at radius 2 is 2.27 bits per heavy atom. The number of anilines is 1. The predicted octanol–water partition coefficient (Wildman–Crippen LogP) is 0.419. The average molecular weight is 209 g/mol. The molecule has 0 N–H and O–H groups in total. The Labute approximate surface area is 88.7 Å². The average Bonchev–Trinajstić information content (AvgIpc) is 2.58. The zero-order valence-electron chi connectivity index (χ0n) is 9.23. The van der Waals surface area contributed by atoms with Crippen LogP contribution < -0.4 is 4.90 Å². The van der Waals surface area contributed by atoms with E-state index < -0.39 is 0 Å². The predicted molar refractivity (Wildman–Crippen MR) is 55.5 cm³/mol. The highest BCUT2D eigenvalue weighted by atomic mass is 16.5. The molecule has 0 aliphatic carbocycles. The van der Waals surface area contributed by atoms with Gasteiger partial charge >= 0.3 is 5.97 Å². The van der Waals surface area contributed by atoms with E-state index in [1.165, 1.54) is 7.11 Å². The van der Waals surface area contributed by atoms with Crippen molar-refractivity contribution >= 4 is 11.9 Å². The summed E-state index contributed by atoms with van der Waals surface area (Å²) in [7, 11) is 3.37. The molecule has 5 nitrogen and oxygen atoms in total. The van der Waals surface area contributed by atoms with Crippen molar-refractivity contribution in [2.75, 3.05) is 25.1 Å². The Morgan fingerprint density at radius 1 is 1.60 bits per heavy atom. The van der Waals surface area contributed by atoms with Crippen LogP contribution in [0.2, 0.25) is 0 Å². The second-order valence-electron chi connectivity index (χ2n) is 4.25. The van der Waals surface area contributed by atoms with E-state index in [0.29, 0.717) is 13.1 Å². The monoisotopic (exact) mass is 209 g/mol. The molecule has 2 rings (SSSR count). The van der Waals surface area contributed by atoms with Crippen LogP contribution in [0.25, 0.3) is 0 Å². The Kier molecular flexibility index (Phi) is 2.17. The van der Waals surface area contributed by atoms with Crippen molar-refractivity contribution in [2.24, 2.45) is 12.5 Å². The van der Waals surface area contributed by atoms with Crippen molar-refractivity contribution in [3.05, 3.63) is 12.4 Å². The number of hydrogen-bond acceptors (Lipinski definition) is 4. The van der Waals surface area contributed by atoms with E-state index in [9.17, 15) is 4.79 Å². The summed E-state index contributed by atoms with van der Waals surface area (Å²) in [6.45, 7) is 3.26. The fourth-order valence-electron chi connectivity index (χ4n) is 1.98. The molecule has 0 spiro atoms. The topological polar surface area (TPSA) is 47.4 Å². The van der Waals surface area contributed by atoms with Crippen molar-refractivity contribution in [2.45, 2.75) is 6.92 Å². The normalized spacial score (nSPS) is 18.5. The highest BCUT2D eigenvalue weighted by Crippen LogP contribution is 2.33. The fraction of sp³-hybridized carbons (Fsp3) is 0.600. The zero-order chi connectivity index (χ0) is 11.1. The molecule has 1 fully saturated rings. The van der Waals surface area contributed by atoms with Gasteiger partial charge < -0.3 is 14.2 Å². The summed E-state index contributed by atoms with van der Waals surface area (Å²) < 4.78 is 6.70. The van der Waals surface area contributed by atoms with Gasteiger partial charge in [-0.3, -0.25) is 4.79 Å². The molecule has 1 aliphatic heterocycles. The molecule has 82 valence electrons. The molecule has 2 heterocycles. The third kappa shape index (κ3) is 1.48. The molecule has 15 heavy (non-hydrogen) atoms. The van der Waals surface area contributed by atoms with Gasteiger partial charge in [-0.2, -0.15) is 0 Å². The van der Waals surface area contributed by atoms with Crippen LogP contribution in [0.4, 0.5) is 5.95 Å². The molecule has 1 aromatic heterocycles. The van der Waals surface area contributed by atoms with Gasteiger partial charge in [-0.05, 0) is 6.92 Å². The first-order valence-electron chi connectivity index (χ1n) is 4.87. The van der Waals surface area contributed by atoms with E-state index in [-0.39, 0.29) is 11.4 Å². The summed E-state index contributed by atoms with van der Waals surface area (Å²) in [5.74, 6) is 0.754. The lowest BCUT2D eigenvalue weighted by molar-refractivity contribution is -0.153. The molecule has 5 heteroatoms. The number of nitrogens with zero attached hydrogens (tertiary/aromatic N) is 3.